The van der Waals surface area contributed by atoms with Gasteiger partial charge in [-0.25, -0.2) is 5.43 Å². The number of carbonyl (C=O) groups is 4. The Morgan fingerprint density at radius 2 is 1.79 bits per heavy atom. The maximum absolute atomic E-state index is 12.6. The maximum Gasteiger partial charge on any atom is 0.274 e. The van der Waals surface area contributed by atoms with E-state index in [9.17, 15) is 19.2 Å². The minimum absolute atomic E-state index is 0.169. The minimum Gasteiger partial charge on any atom is -0.313 e. The van der Waals surface area contributed by atoms with Crippen molar-refractivity contribution in [1.29, 1.82) is 0 Å². The second kappa shape index (κ2) is 8.13. The number of nitrogens with zero attached hydrogens (tertiary/aromatic N) is 2. The fraction of sp³-hybridized carbons (Fsp3) is 0.211. The van der Waals surface area contributed by atoms with E-state index in [-0.39, 0.29) is 30.2 Å². The summed E-state index contributed by atoms with van der Waals surface area (Å²) >= 11 is 1.21. The van der Waals surface area contributed by atoms with Crippen molar-refractivity contribution < 1.29 is 19.2 Å². The molecule has 0 spiro atoms. The highest BCUT2D eigenvalue weighted by molar-refractivity contribution is 7.14. The molecule has 1 saturated heterocycles. The van der Waals surface area contributed by atoms with E-state index >= 15 is 0 Å². The third-order valence-corrected chi connectivity index (χ3v) is 4.77. The van der Waals surface area contributed by atoms with Crippen molar-refractivity contribution in [2.45, 2.75) is 26.7 Å². The highest BCUT2D eigenvalue weighted by atomic mass is 32.1. The molecule has 2 aromatic rings. The molecule has 1 aliphatic rings. The molecule has 2 heterocycles. The highest BCUT2D eigenvalue weighted by Gasteiger charge is 2.30. The molecule has 3 rings (SSSR count). The molecular formula is C19H18N4O4S. The molecule has 0 atom stereocenters. The Kier molecular flexibility index (Phi) is 5.65. The standard InChI is InChI=1S/C19H18N4O4S/c1-11(2)21-22-18(27)14-8-9-28-19(14)20-17(26)12-4-3-5-13(10-12)23-15(24)6-7-16(23)25/h3-5,8-10H,6-7H2,1-2H3,(H,20,26)(H,22,27). The molecule has 9 heteroatoms. The number of benzene rings is 1. The number of amides is 4. The monoisotopic (exact) mass is 398 g/mol. The lowest BCUT2D eigenvalue weighted by Crippen LogP contribution is -2.28. The normalized spacial score (nSPS) is 13.4. The summed E-state index contributed by atoms with van der Waals surface area (Å²) < 4.78 is 0. The molecule has 0 radical (unpaired) electrons. The zero-order valence-electron chi connectivity index (χ0n) is 15.3. The van der Waals surface area contributed by atoms with Gasteiger partial charge >= 0.3 is 0 Å². The fourth-order valence-corrected chi connectivity index (χ4v) is 3.41. The molecule has 144 valence electrons. The van der Waals surface area contributed by atoms with E-state index in [1.807, 2.05) is 0 Å². The van der Waals surface area contributed by atoms with E-state index in [2.05, 4.69) is 15.8 Å². The Morgan fingerprint density at radius 3 is 2.46 bits per heavy atom. The zero-order valence-corrected chi connectivity index (χ0v) is 16.1. The molecule has 0 bridgehead atoms. The number of hydrogen-bond donors (Lipinski definition) is 2. The molecule has 0 unspecified atom stereocenters. The lowest BCUT2D eigenvalue weighted by Gasteiger charge is -2.14. The van der Waals surface area contributed by atoms with Gasteiger partial charge in [0.25, 0.3) is 11.8 Å². The van der Waals surface area contributed by atoms with Crippen LogP contribution in [0.3, 0.4) is 0 Å². The lowest BCUT2D eigenvalue weighted by molar-refractivity contribution is -0.121. The van der Waals surface area contributed by atoms with Gasteiger partial charge < -0.3 is 5.32 Å². The van der Waals surface area contributed by atoms with Crippen LogP contribution in [0.15, 0.2) is 40.8 Å². The lowest BCUT2D eigenvalue weighted by atomic mass is 10.1. The molecule has 28 heavy (non-hydrogen) atoms. The molecule has 1 aromatic heterocycles. The van der Waals surface area contributed by atoms with Crippen molar-refractivity contribution in [3.05, 3.63) is 46.8 Å². The summed E-state index contributed by atoms with van der Waals surface area (Å²) in [5.74, 6) is -1.45. The van der Waals surface area contributed by atoms with Crippen molar-refractivity contribution in [1.82, 2.24) is 5.43 Å². The zero-order chi connectivity index (χ0) is 20.3. The quantitative estimate of drug-likeness (QED) is 0.459. The first-order valence-electron chi connectivity index (χ1n) is 8.52. The first-order valence-corrected chi connectivity index (χ1v) is 9.40. The molecule has 2 N–H and O–H groups in total. The predicted octanol–water partition coefficient (Wildman–Crippen LogP) is 2.78. The van der Waals surface area contributed by atoms with Crippen LogP contribution in [0.5, 0.6) is 0 Å². The van der Waals surface area contributed by atoms with Gasteiger partial charge in [0.15, 0.2) is 0 Å². The molecule has 1 aromatic carbocycles. The Balaban J connectivity index is 1.78. The van der Waals surface area contributed by atoms with Crippen LogP contribution in [0.2, 0.25) is 0 Å². The Labute approximate surface area is 165 Å². The molecule has 0 saturated carbocycles. The van der Waals surface area contributed by atoms with Crippen LogP contribution in [-0.2, 0) is 9.59 Å². The smallest absolute Gasteiger partial charge is 0.274 e. The number of anilines is 2. The minimum atomic E-state index is -0.451. The van der Waals surface area contributed by atoms with E-state index < -0.39 is 11.8 Å². The number of imide groups is 1. The van der Waals surface area contributed by atoms with Crippen LogP contribution in [0, 0.1) is 0 Å². The van der Waals surface area contributed by atoms with Crippen LogP contribution in [0.25, 0.3) is 0 Å². The van der Waals surface area contributed by atoms with Gasteiger partial charge in [-0.15, -0.1) is 11.3 Å². The van der Waals surface area contributed by atoms with Gasteiger partial charge in [-0.1, -0.05) is 6.07 Å². The Bertz CT molecular complexity index is 975. The van der Waals surface area contributed by atoms with Gasteiger partial charge in [-0.2, -0.15) is 5.10 Å². The Morgan fingerprint density at radius 1 is 1.07 bits per heavy atom. The van der Waals surface area contributed by atoms with E-state index in [0.29, 0.717) is 22.0 Å². The summed E-state index contributed by atoms with van der Waals surface area (Å²) in [6, 6.07) is 7.85. The predicted molar refractivity (Wildman–Crippen MR) is 107 cm³/mol. The van der Waals surface area contributed by atoms with E-state index in [1.165, 1.54) is 17.4 Å². The number of nitrogens with one attached hydrogen (secondary N) is 2. The van der Waals surface area contributed by atoms with Crippen molar-refractivity contribution in [2.75, 3.05) is 10.2 Å². The van der Waals surface area contributed by atoms with Crippen LogP contribution in [0.4, 0.5) is 10.7 Å². The van der Waals surface area contributed by atoms with Crippen molar-refractivity contribution in [2.24, 2.45) is 5.10 Å². The first-order chi connectivity index (χ1) is 13.4. The van der Waals surface area contributed by atoms with Crippen molar-refractivity contribution in [3.8, 4) is 0 Å². The Hall–Kier alpha value is -3.33. The van der Waals surface area contributed by atoms with Crippen LogP contribution < -0.4 is 15.6 Å². The highest BCUT2D eigenvalue weighted by Crippen LogP contribution is 2.26. The van der Waals surface area contributed by atoms with Gasteiger partial charge in [-0.05, 0) is 43.5 Å². The molecule has 8 nitrogen and oxygen atoms in total. The number of thiophene rings is 1. The third-order valence-electron chi connectivity index (χ3n) is 3.94. The largest absolute Gasteiger partial charge is 0.313 e. The van der Waals surface area contributed by atoms with Crippen LogP contribution >= 0.6 is 11.3 Å². The second-order valence-electron chi connectivity index (χ2n) is 6.29. The van der Waals surface area contributed by atoms with E-state index in [1.54, 1.807) is 43.5 Å². The van der Waals surface area contributed by atoms with Crippen molar-refractivity contribution in [3.63, 3.8) is 0 Å². The summed E-state index contributed by atoms with van der Waals surface area (Å²) in [5, 5.41) is 8.63. The molecule has 0 aliphatic carbocycles. The number of carbonyl (C=O) groups excluding carboxylic acids is 4. The summed E-state index contributed by atoms with van der Waals surface area (Å²) in [6.45, 7) is 3.50. The summed E-state index contributed by atoms with van der Waals surface area (Å²) in [4.78, 5) is 49.7. The van der Waals surface area contributed by atoms with E-state index in [4.69, 9.17) is 0 Å². The summed E-state index contributed by atoms with van der Waals surface area (Å²) in [6.07, 6.45) is 0.339. The SMILES string of the molecule is CC(C)=NNC(=O)c1ccsc1NC(=O)c1cccc(N2C(=O)CCC2=O)c1. The topological polar surface area (TPSA) is 108 Å². The van der Waals surface area contributed by atoms with Gasteiger partial charge in [0.05, 0.1) is 11.3 Å². The van der Waals surface area contributed by atoms with E-state index in [0.717, 1.165) is 4.90 Å². The van der Waals surface area contributed by atoms with Crippen molar-refractivity contribution >= 4 is 51.4 Å². The molecular weight excluding hydrogens is 380 g/mol. The number of hydrazone groups is 1. The molecule has 1 aliphatic heterocycles. The number of rotatable bonds is 5. The number of hydrogen-bond acceptors (Lipinski definition) is 6. The molecule has 1 fully saturated rings. The van der Waals surface area contributed by atoms with Gasteiger partial charge in [0.2, 0.25) is 11.8 Å². The second-order valence-corrected chi connectivity index (χ2v) is 7.21. The fourth-order valence-electron chi connectivity index (χ4n) is 2.63. The van der Waals surface area contributed by atoms with Gasteiger partial charge in [-0.3, -0.25) is 24.1 Å². The van der Waals surface area contributed by atoms with Crippen LogP contribution in [-0.4, -0.2) is 29.3 Å². The van der Waals surface area contributed by atoms with Gasteiger partial charge in [0.1, 0.15) is 5.00 Å². The molecule has 4 amide bonds. The third kappa shape index (κ3) is 4.15. The van der Waals surface area contributed by atoms with Crippen LogP contribution in [0.1, 0.15) is 47.4 Å². The summed E-state index contributed by atoms with van der Waals surface area (Å²) in [7, 11) is 0. The van der Waals surface area contributed by atoms with Gasteiger partial charge in [0, 0.05) is 24.1 Å². The maximum atomic E-state index is 12.6. The summed E-state index contributed by atoms with van der Waals surface area (Å²) in [5.41, 5.74) is 4.03. The average molecular weight is 398 g/mol. The first kappa shape index (κ1) is 19.4. The average Bonchev–Trinajstić information content (AvgIpc) is 3.26.